The van der Waals surface area contributed by atoms with Crippen LogP contribution in [0.4, 0.5) is 0 Å². The molecule has 1 heterocycles. The van der Waals surface area contributed by atoms with Gasteiger partial charge in [0.1, 0.15) is 5.41 Å². The molecule has 0 aromatic heterocycles. The Morgan fingerprint density at radius 3 is 2.50 bits per heavy atom. The highest BCUT2D eigenvalue weighted by molar-refractivity contribution is 5.85. The number of ether oxygens (including phenoxy) is 1. The SMILES string of the molecule is CCCC(C#N)(CCC)C(=O)N1CC=C(COC)CC1. The van der Waals surface area contributed by atoms with Crippen molar-refractivity contribution < 1.29 is 9.53 Å². The van der Waals surface area contributed by atoms with Gasteiger partial charge in [-0.3, -0.25) is 4.79 Å². The molecule has 1 aliphatic heterocycles. The van der Waals surface area contributed by atoms with E-state index in [9.17, 15) is 10.1 Å². The van der Waals surface area contributed by atoms with Gasteiger partial charge in [-0.15, -0.1) is 0 Å². The summed E-state index contributed by atoms with van der Waals surface area (Å²) in [5.74, 6) is 0.0106. The van der Waals surface area contributed by atoms with Crippen LogP contribution in [0.2, 0.25) is 0 Å². The van der Waals surface area contributed by atoms with Gasteiger partial charge in [-0.05, 0) is 24.8 Å². The number of rotatable bonds is 7. The van der Waals surface area contributed by atoms with Gasteiger partial charge in [0.05, 0.1) is 12.7 Å². The van der Waals surface area contributed by atoms with E-state index < -0.39 is 5.41 Å². The molecular weight excluding hydrogens is 252 g/mol. The van der Waals surface area contributed by atoms with Crippen LogP contribution in [0.5, 0.6) is 0 Å². The molecule has 0 atom stereocenters. The second-order valence-corrected chi connectivity index (χ2v) is 5.49. The Morgan fingerprint density at radius 1 is 1.45 bits per heavy atom. The van der Waals surface area contributed by atoms with Crippen LogP contribution in [0.3, 0.4) is 0 Å². The smallest absolute Gasteiger partial charge is 0.243 e. The highest BCUT2D eigenvalue weighted by Crippen LogP contribution is 2.32. The van der Waals surface area contributed by atoms with Crippen LogP contribution >= 0.6 is 0 Å². The standard InChI is InChI=1S/C16H26N2O2/c1-4-8-16(13-17,9-5-2)15(19)18-10-6-14(7-11-18)12-20-3/h6H,4-5,7-12H2,1-3H3. The van der Waals surface area contributed by atoms with Crippen molar-refractivity contribution in [1.29, 1.82) is 5.26 Å². The Labute approximate surface area is 122 Å². The van der Waals surface area contributed by atoms with Gasteiger partial charge in [-0.1, -0.05) is 32.8 Å². The van der Waals surface area contributed by atoms with Gasteiger partial charge < -0.3 is 9.64 Å². The molecule has 1 amide bonds. The van der Waals surface area contributed by atoms with Crippen molar-refractivity contribution in [2.75, 3.05) is 26.8 Å². The van der Waals surface area contributed by atoms with Crippen LogP contribution in [0.1, 0.15) is 46.0 Å². The molecule has 0 saturated heterocycles. The third kappa shape index (κ3) is 3.83. The second-order valence-electron chi connectivity index (χ2n) is 5.49. The van der Waals surface area contributed by atoms with Crippen molar-refractivity contribution in [3.8, 4) is 6.07 Å². The van der Waals surface area contributed by atoms with E-state index in [0.29, 0.717) is 32.5 Å². The number of hydrogen-bond donors (Lipinski definition) is 0. The molecule has 112 valence electrons. The Balaban J connectivity index is 2.79. The zero-order chi connectivity index (χ0) is 15.0. The fourth-order valence-corrected chi connectivity index (χ4v) is 2.87. The average Bonchev–Trinajstić information content (AvgIpc) is 2.47. The highest BCUT2D eigenvalue weighted by Gasteiger charge is 2.40. The number of nitriles is 1. The summed E-state index contributed by atoms with van der Waals surface area (Å²) >= 11 is 0. The van der Waals surface area contributed by atoms with Crippen molar-refractivity contribution in [1.82, 2.24) is 4.90 Å². The molecule has 0 saturated carbocycles. The van der Waals surface area contributed by atoms with Crippen molar-refractivity contribution in [2.45, 2.75) is 46.0 Å². The normalized spacial score (nSPS) is 15.7. The van der Waals surface area contributed by atoms with Crippen molar-refractivity contribution >= 4 is 5.91 Å². The zero-order valence-electron chi connectivity index (χ0n) is 12.9. The van der Waals surface area contributed by atoms with Crippen LogP contribution in [0, 0.1) is 16.7 Å². The summed E-state index contributed by atoms with van der Waals surface area (Å²) in [5, 5.41) is 9.54. The third-order valence-corrected chi connectivity index (χ3v) is 3.90. The van der Waals surface area contributed by atoms with Crippen molar-refractivity contribution in [3.05, 3.63) is 11.6 Å². The van der Waals surface area contributed by atoms with Gasteiger partial charge >= 0.3 is 0 Å². The molecule has 0 aliphatic carbocycles. The largest absolute Gasteiger partial charge is 0.380 e. The molecule has 0 spiro atoms. The van der Waals surface area contributed by atoms with Gasteiger partial charge in [0.2, 0.25) is 5.91 Å². The number of carbonyl (C=O) groups is 1. The summed E-state index contributed by atoms with van der Waals surface area (Å²) in [6.07, 6.45) is 5.93. The van der Waals surface area contributed by atoms with E-state index in [1.807, 2.05) is 18.7 Å². The molecule has 0 bridgehead atoms. The van der Waals surface area contributed by atoms with Gasteiger partial charge in [0.15, 0.2) is 0 Å². The van der Waals surface area contributed by atoms with E-state index in [-0.39, 0.29) is 5.91 Å². The Morgan fingerprint density at radius 2 is 2.10 bits per heavy atom. The van der Waals surface area contributed by atoms with Gasteiger partial charge in [0.25, 0.3) is 0 Å². The minimum Gasteiger partial charge on any atom is -0.380 e. The molecule has 1 aliphatic rings. The minimum atomic E-state index is -0.823. The Kier molecular flexibility index (Phi) is 6.74. The highest BCUT2D eigenvalue weighted by atomic mass is 16.5. The monoisotopic (exact) mass is 278 g/mol. The molecule has 4 nitrogen and oxygen atoms in total. The average molecular weight is 278 g/mol. The predicted molar refractivity (Wildman–Crippen MR) is 79.0 cm³/mol. The molecule has 0 radical (unpaired) electrons. The van der Waals surface area contributed by atoms with Crippen LogP contribution in [0.25, 0.3) is 0 Å². The van der Waals surface area contributed by atoms with E-state index in [4.69, 9.17) is 4.74 Å². The molecule has 4 heteroatoms. The van der Waals surface area contributed by atoms with Gasteiger partial charge in [0, 0.05) is 20.2 Å². The number of methoxy groups -OCH3 is 1. The fraction of sp³-hybridized carbons (Fsp3) is 0.750. The lowest BCUT2D eigenvalue weighted by Gasteiger charge is -2.34. The molecular formula is C16H26N2O2. The number of hydrogen-bond acceptors (Lipinski definition) is 3. The maximum atomic E-state index is 12.7. The van der Waals surface area contributed by atoms with E-state index >= 15 is 0 Å². The maximum Gasteiger partial charge on any atom is 0.243 e. The number of nitrogens with zero attached hydrogens (tertiary/aromatic N) is 2. The lowest BCUT2D eigenvalue weighted by atomic mass is 9.79. The molecule has 0 aromatic rings. The van der Waals surface area contributed by atoms with Crippen molar-refractivity contribution in [2.24, 2.45) is 5.41 Å². The summed E-state index contributed by atoms with van der Waals surface area (Å²) < 4.78 is 5.12. The van der Waals surface area contributed by atoms with Gasteiger partial charge in [-0.25, -0.2) is 0 Å². The van der Waals surface area contributed by atoms with E-state index in [0.717, 1.165) is 19.3 Å². The lowest BCUT2D eigenvalue weighted by molar-refractivity contribution is -0.139. The molecule has 0 unspecified atom stereocenters. The second kappa shape index (κ2) is 8.06. The lowest BCUT2D eigenvalue weighted by Crippen LogP contribution is -2.45. The topological polar surface area (TPSA) is 53.3 Å². The van der Waals surface area contributed by atoms with E-state index in [1.165, 1.54) is 5.57 Å². The summed E-state index contributed by atoms with van der Waals surface area (Å²) in [6, 6.07) is 2.31. The summed E-state index contributed by atoms with van der Waals surface area (Å²) in [4.78, 5) is 14.6. The van der Waals surface area contributed by atoms with Crippen molar-refractivity contribution in [3.63, 3.8) is 0 Å². The molecule has 0 aromatic carbocycles. The Hall–Kier alpha value is -1.34. The van der Waals surface area contributed by atoms with Crippen LogP contribution < -0.4 is 0 Å². The quantitative estimate of drug-likeness (QED) is 0.673. The molecule has 20 heavy (non-hydrogen) atoms. The molecule has 0 fully saturated rings. The number of amides is 1. The third-order valence-electron chi connectivity index (χ3n) is 3.90. The first-order valence-corrected chi connectivity index (χ1v) is 7.51. The molecule has 0 N–H and O–H groups in total. The van der Waals surface area contributed by atoms with Gasteiger partial charge in [-0.2, -0.15) is 5.26 Å². The summed E-state index contributed by atoms with van der Waals surface area (Å²) in [7, 11) is 1.68. The fourth-order valence-electron chi connectivity index (χ4n) is 2.87. The van der Waals surface area contributed by atoms with Crippen LogP contribution in [-0.4, -0.2) is 37.6 Å². The predicted octanol–water partition coefficient (Wildman–Crippen LogP) is 2.90. The Bertz CT molecular complexity index is 390. The van der Waals surface area contributed by atoms with Crippen LogP contribution in [-0.2, 0) is 9.53 Å². The number of carbonyl (C=O) groups excluding carboxylic acids is 1. The summed E-state index contributed by atoms with van der Waals surface area (Å²) in [5.41, 5.74) is 0.418. The van der Waals surface area contributed by atoms with E-state index in [2.05, 4.69) is 12.1 Å². The zero-order valence-corrected chi connectivity index (χ0v) is 12.9. The summed E-state index contributed by atoms with van der Waals surface area (Å²) in [6.45, 7) is 6.00. The first-order chi connectivity index (χ1) is 9.63. The first-order valence-electron chi connectivity index (χ1n) is 7.51. The minimum absolute atomic E-state index is 0.0106. The maximum absolute atomic E-state index is 12.7. The van der Waals surface area contributed by atoms with E-state index in [1.54, 1.807) is 7.11 Å². The molecule has 1 rings (SSSR count). The first kappa shape index (κ1) is 16.7. The van der Waals surface area contributed by atoms with Crippen LogP contribution in [0.15, 0.2) is 11.6 Å².